The number of rotatable bonds is 10. The van der Waals surface area contributed by atoms with Crippen LogP contribution in [0.3, 0.4) is 0 Å². The van der Waals surface area contributed by atoms with E-state index in [1.165, 1.54) is 23.8 Å². The molecule has 1 saturated carbocycles. The molecule has 1 aliphatic carbocycles. The summed E-state index contributed by atoms with van der Waals surface area (Å²) in [6.45, 7) is 1.66. The second-order valence-electron chi connectivity index (χ2n) is 10.6. The summed E-state index contributed by atoms with van der Waals surface area (Å²) in [5.41, 5.74) is 7.88. The third-order valence-electron chi connectivity index (χ3n) is 7.21. The highest BCUT2D eigenvalue weighted by molar-refractivity contribution is 6.10. The predicted molar refractivity (Wildman–Crippen MR) is 157 cm³/mol. The summed E-state index contributed by atoms with van der Waals surface area (Å²) in [4.78, 5) is 26.5. The maximum absolute atomic E-state index is 13.4. The number of allylic oxidation sites excluding steroid dienone is 2. The maximum atomic E-state index is 13.4. The van der Waals surface area contributed by atoms with Gasteiger partial charge in [0.2, 0.25) is 5.91 Å². The molecule has 0 radical (unpaired) electrons. The van der Waals surface area contributed by atoms with Gasteiger partial charge in [0, 0.05) is 29.6 Å². The Morgan fingerprint density at radius 2 is 1.55 bits per heavy atom. The van der Waals surface area contributed by atoms with Gasteiger partial charge in [-0.15, -0.1) is 0 Å². The molecule has 0 aromatic heterocycles. The van der Waals surface area contributed by atoms with Gasteiger partial charge in [0.15, 0.2) is 0 Å². The van der Waals surface area contributed by atoms with E-state index < -0.39 is 0 Å². The lowest BCUT2D eigenvalue weighted by molar-refractivity contribution is -0.123. The van der Waals surface area contributed by atoms with Crippen LogP contribution in [0.25, 0.3) is 5.41 Å². The SMILES string of the molecule is C/C(N)=C/C(=[N-])CC(=O)C1CC[C@H](C(=O)Nc2ccc(Oc3ccc(F)cc3)cc2)CC(Cc2ccccc2)C1. The van der Waals surface area contributed by atoms with Gasteiger partial charge in [-0.05, 0) is 99.0 Å². The van der Waals surface area contributed by atoms with Gasteiger partial charge in [-0.1, -0.05) is 36.4 Å². The zero-order chi connectivity index (χ0) is 28.5. The van der Waals surface area contributed by atoms with Gasteiger partial charge in [-0.2, -0.15) is 5.71 Å². The summed E-state index contributed by atoms with van der Waals surface area (Å²) in [7, 11) is 0. The van der Waals surface area contributed by atoms with Crippen LogP contribution in [0.15, 0.2) is 90.6 Å². The molecule has 7 heteroatoms. The molecule has 3 aromatic carbocycles. The van der Waals surface area contributed by atoms with Crippen molar-refractivity contribution in [2.75, 3.05) is 5.32 Å². The Hall–Kier alpha value is -4.26. The molecule has 0 heterocycles. The van der Waals surface area contributed by atoms with Gasteiger partial charge >= 0.3 is 0 Å². The molecule has 1 amide bonds. The van der Waals surface area contributed by atoms with Crippen LogP contribution in [0.5, 0.6) is 11.5 Å². The fourth-order valence-corrected chi connectivity index (χ4v) is 5.31. The minimum Gasteiger partial charge on any atom is -0.807 e. The molecule has 1 aliphatic rings. The Bertz CT molecular complexity index is 1330. The molecule has 4 rings (SSSR count). The number of benzene rings is 3. The quantitative estimate of drug-likeness (QED) is 0.212. The Labute approximate surface area is 235 Å². The number of nitrogens with one attached hydrogen (secondary N) is 1. The lowest BCUT2D eigenvalue weighted by Crippen LogP contribution is -2.24. The van der Waals surface area contributed by atoms with E-state index in [-0.39, 0.29) is 47.4 Å². The summed E-state index contributed by atoms with van der Waals surface area (Å²) in [5, 5.41) is 13.2. The van der Waals surface area contributed by atoms with Crippen LogP contribution >= 0.6 is 0 Å². The fraction of sp³-hybridized carbons (Fsp3) is 0.303. The number of halogens is 1. The number of anilines is 1. The summed E-state index contributed by atoms with van der Waals surface area (Å²) in [6.07, 6.45) is 4.67. The first-order valence-electron chi connectivity index (χ1n) is 13.6. The van der Waals surface area contributed by atoms with Crippen molar-refractivity contribution in [2.45, 2.75) is 45.4 Å². The maximum Gasteiger partial charge on any atom is 0.227 e. The molecule has 0 spiro atoms. The number of amides is 1. The summed E-state index contributed by atoms with van der Waals surface area (Å²) < 4.78 is 18.9. The second-order valence-corrected chi connectivity index (χ2v) is 10.6. The fourth-order valence-electron chi connectivity index (χ4n) is 5.31. The van der Waals surface area contributed by atoms with Crippen molar-refractivity contribution in [3.8, 4) is 11.5 Å². The number of hydrogen-bond acceptors (Lipinski definition) is 4. The zero-order valence-corrected chi connectivity index (χ0v) is 22.7. The highest BCUT2D eigenvalue weighted by Gasteiger charge is 2.32. The van der Waals surface area contributed by atoms with Crippen molar-refractivity contribution >= 4 is 23.1 Å². The van der Waals surface area contributed by atoms with Gasteiger partial charge in [-0.3, -0.25) is 9.59 Å². The van der Waals surface area contributed by atoms with Crippen molar-refractivity contribution < 1.29 is 18.7 Å². The molecule has 2 unspecified atom stereocenters. The number of hydrogen-bond donors (Lipinski definition) is 2. The van der Waals surface area contributed by atoms with Gasteiger partial charge in [0.05, 0.1) is 0 Å². The third kappa shape index (κ3) is 8.63. The van der Waals surface area contributed by atoms with Gasteiger partial charge in [0.25, 0.3) is 0 Å². The minimum absolute atomic E-state index is 0.0223. The van der Waals surface area contributed by atoms with E-state index in [9.17, 15) is 19.4 Å². The smallest absolute Gasteiger partial charge is 0.227 e. The summed E-state index contributed by atoms with van der Waals surface area (Å²) >= 11 is 0. The number of Topliss-reactive ketones (excluding diaryl/α,β-unsaturated/α-hetero) is 1. The van der Waals surface area contributed by atoms with E-state index in [0.717, 1.165) is 6.42 Å². The molecule has 0 bridgehead atoms. The van der Waals surface area contributed by atoms with Crippen LogP contribution < -0.4 is 15.8 Å². The number of ether oxygens (including phenoxy) is 1. The Balaban J connectivity index is 1.42. The van der Waals surface area contributed by atoms with E-state index in [1.54, 1.807) is 43.3 Å². The topological polar surface area (TPSA) is 104 Å². The van der Waals surface area contributed by atoms with E-state index >= 15 is 0 Å². The number of nitrogens with zero attached hydrogens (tertiary/aromatic N) is 1. The number of ketones is 1. The standard InChI is InChI=1S/C33H35FN3O3/c1-22(35)17-28(36)21-32(38)25-7-8-26(20-24(19-25)18-23-5-3-2-4-6-23)33(39)37-29-11-15-31(16-12-29)40-30-13-9-27(34)10-14-30/h2-6,9-17,24-26H,7-8,18-21,35H2,1H3,(H,37,39)/q-1/b22-17-/t24?,25?,26-/m0/s1. The van der Waals surface area contributed by atoms with Crippen molar-refractivity contribution in [1.82, 2.24) is 0 Å². The molecule has 3 aromatic rings. The van der Waals surface area contributed by atoms with Crippen LogP contribution in [0.4, 0.5) is 10.1 Å². The molecular weight excluding hydrogens is 505 g/mol. The minimum atomic E-state index is -0.332. The molecule has 0 aliphatic heterocycles. The highest BCUT2D eigenvalue weighted by Crippen LogP contribution is 2.35. The lowest BCUT2D eigenvalue weighted by Gasteiger charge is -2.21. The molecule has 1 fully saturated rings. The number of carbonyl (C=O) groups is 2. The normalized spacial score (nSPS) is 19.4. The third-order valence-corrected chi connectivity index (χ3v) is 7.21. The van der Waals surface area contributed by atoms with Crippen LogP contribution in [0.2, 0.25) is 0 Å². The second kappa shape index (κ2) is 13.7. The molecule has 208 valence electrons. The monoisotopic (exact) mass is 540 g/mol. The Kier molecular flexibility index (Phi) is 9.84. The van der Waals surface area contributed by atoms with E-state index in [0.29, 0.717) is 48.6 Å². The van der Waals surface area contributed by atoms with Crippen molar-refractivity contribution in [2.24, 2.45) is 23.5 Å². The van der Waals surface area contributed by atoms with E-state index in [1.807, 2.05) is 18.2 Å². The molecule has 0 saturated heterocycles. The van der Waals surface area contributed by atoms with E-state index in [4.69, 9.17) is 10.5 Å². The van der Waals surface area contributed by atoms with Crippen LogP contribution in [-0.4, -0.2) is 17.4 Å². The first-order valence-corrected chi connectivity index (χ1v) is 13.6. The molecule has 3 N–H and O–H groups in total. The average molecular weight is 541 g/mol. The molecule has 6 nitrogen and oxygen atoms in total. The number of carbonyl (C=O) groups excluding carboxylic acids is 2. The molecular formula is C33H35FN3O3-. The first kappa shape index (κ1) is 28.7. The van der Waals surface area contributed by atoms with Crippen molar-refractivity contribution in [3.05, 3.63) is 107 Å². The lowest BCUT2D eigenvalue weighted by atomic mass is 9.84. The molecule has 40 heavy (non-hydrogen) atoms. The van der Waals surface area contributed by atoms with Gasteiger partial charge in [0.1, 0.15) is 23.1 Å². The first-order chi connectivity index (χ1) is 19.2. The largest absolute Gasteiger partial charge is 0.807 e. The zero-order valence-electron chi connectivity index (χ0n) is 22.7. The van der Waals surface area contributed by atoms with Crippen molar-refractivity contribution in [3.63, 3.8) is 0 Å². The van der Waals surface area contributed by atoms with Crippen LogP contribution in [0, 0.1) is 23.6 Å². The summed E-state index contributed by atoms with van der Waals surface area (Å²) in [5.74, 6) is 0.332. The van der Waals surface area contributed by atoms with E-state index in [2.05, 4.69) is 17.4 Å². The Morgan fingerprint density at radius 1 is 0.950 bits per heavy atom. The molecule has 3 atom stereocenters. The number of nitrogens with two attached hydrogens (primary N) is 1. The van der Waals surface area contributed by atoms with Gasteiger partial charge in [-0.25, -0.2) is 4.39 Å². The van der Waals surface area contributed by atoms with Crippen LogP contribution in [-0.2, 0) is 16.0 Å². The van der Waals surface area contributed by atoms with Crippen molar-refractivity contribution in [1.29, 1.82) is 0 Å². The highest BCUT2D eigenvalue weighted by atomic mass is 19.1. The predicted octanol–water partition coefficient (Wildman–Crippen LogP) is 7.05. The van der Waals surface area contributed by atoms with Gasteiger partial charge < -0.3 is 21.2 Å². The van der Waals surface area contributed by atoms with Crippen LogP contribution in [0.1, 0.15) is 44.6 Å². The average Bonchev–Trinajstić information content (AvgIpc) is 3.14. The summed E-state index contributed by atoms with van der Waals surface area (Å²) in [6, 6.07) is 22.9. The Morgan fingerprint density at radius 3 is 2.20 bits per heavy atom.